The fourth-order valence-corrected chi connectivity index (χ4v) is 5.17. The zero-order chi connectivity index (χ0) is 27.6. The molecule has 0 N–H and O–H groups in total. The van der Waals surface area contributed by atoms with Crippen LogP contribution in [0.2, 0.25) is 0 Å². The molecule has 5 heteroatoms. The van der Waals surface area contributed by atoms with E-state index in [2.05, 4.69) is 19.1 Å². The van der Waals surface area contributed by atoms with Crippen molar-refractivity contribution in [1.29, 1.82) is 0 Å². The van der Waals surface area contributed by atoms with E-state index >= 15 is 4.39 Å². The lowest BCUT2D eigenvalue weighted by atomic mass is 9.91. The molecule has 0 bridgehead atoms. The highest BCUT2D eigenvalue weighted by molar-refractivity contribution is 5.71. The minimum Gasteiger partial charge on any atom is -0.490 e. The fraction of sp³-hybridized carbons (Fsp3) is 0.412. The van der Waals surface area contributed by atoms with Gasteiger partial charge in [0.1, 0.15) is 5.82 Å². The highest BCUT2D eigenvalue weighted by atomic mass is 19.2. The molecule has 2 nitrogen and oxygen atoms in total. The van der Waals surface area contributed by atoms with Crippen LogP contribution in [0.4, 0.5) is 13.2 Å². The summed E-state index contributed by atoms with van der Waals surface area (Å²) in [6, 6.07) is 15.1. The van der Waals surface area contributed by atoms with Gasteiger partial charge < -0.3 is 9.47 Å². The summed E-state index contributed by atoms with van der Waals surface area (Å²) in [4.78, 5) is 0. The minimum atomic E-state index is -0.984. The van der Waals surface area contributed by atoms with Crippen LogP contribution in [0, 0.1) is 23.4 Å². The van der Waals surface area contributed by atoms with Gasteiger partial charge in [0.05, 0.1) is 19.3 Å². The van der Waals surface area contributed by atoms with Crippen molar-refractivity contribution in [3.8, 4) is 28.0 Å². The van der Waals surface area contributed by atoms with Crippen LogP contribution >= 0.6 is 0 Å². The second-order valence-electron chi connectivity index (χ2n) is 10.4. The second kappa shape index (κ2) is 14.4. The first-order valence-corrected chi connectivity index (χ1v) is 14.3. The first-order valence-electron chi connectivity index (χ1n) is 14.3. The van der Waals surface area contributed by atoms with Gasteiger partial charge >= 0.3 is 0 Å². The van der Waals surface area contributed by atoms with Crippen LogP contribution in [0.25, 0.3) is 22.3 Å². The van der Waals surface area contributed by atoms with Crippen molar-refractivity contribution in [2.45, 2.75) is 71.3 Å². The fourth-order valence-electron chi connectivity index (χ4n) is 5.17. The van der Waals surface area contributed by atoms with Gasteiger partial charge in [-0.1, -0.05) is 74.7 Å². The molecule has 3 aromatic carbocycles. The Morgan fingerprint density at radius 2 is 1.62 bits per heavy atom. The molecule has 0 radical (unpaired) electrons. The highest BCUT2D eigenvalue weighted by Gasteiger charge is 2.23. The summed E-state index contributed by atoms with van der Waals surface area (Å²) in [5.41, 5.74) is 2.64. The van der Waals surface area contributed by atoms with E-state index in [1.165, 1.54) is 12.1 Å². The molecule has 1 aliphatic rings. The summed E-state index contributed by atoms with van der Waals surface area (Å²) in [7, 11) is 0. The summed E-state index contributed by atoms with van der Waals surface area (Å²) < 4.78 is 56.2. The molecule has 1 fully saturated rings. The van der Waals surface area contributed by atoms with Crippen LogP contribution in [0.3, 0.4) is 0 Å². The number of rotatable bonds is 12. The molecular weight excluding hydrogens is 497 g/mol. The maximum absolute atomic E-state index is 15.1. The molecular formula is C34H39F3O2. The molecule has 2 unspecified atom stereocenters. The van der Waals surface area contributed by atoms with Crippen molar-refractivity contribution in [3.63, 3.8) is 0 Å². The Bertz CT molecular complexity index is 1230. The van der Waals surface area contributed by atoms with Gasteiger partial charge in [-0.25, -0.2) is 8.78 Å². The average Bonchev–Trinajstić information content (AvgIpc) is 2.96. The van der Waals surface area contributed by atoms with Crippen molar-refractivity contribution in [2.24, 2.45) is 5.92 Å². The first-order chi connectivity index (χ1) is 19.0. The molecule has 1 heterocycles. The number of halogens is 3. The van der Waals surface area contributed by atoms with E-state index in [0.717, 1.165) is 56.9 Å². The lowest BCUT2D eigenvalue weighted by molar-refractivity contribution is -0.0191. The first kappa shape index (κ1) is 28.9. The van der Waals surface area contributed by atoms with Gasteiger partial charge in [-0.15, -0.1) is 0 Å². The number of ether oxygens (including phenoxy) is 2. The molecule has 4 rings (SSSR count). The number of hydrogen-bond acceptors (Lipinski definition) is 2. The van der Waals surface area contributed by atoms with E-state index in [4.69, 9.17) is 9.47 Å². The van der Waals surface area contributed by atoms with Crippen LogP contribution in [0.1, 0.15) is 76.9 Å². The summed E-state index contributed by atoms with van der Waals surface area (Å²) in [5, 5.41) is 0. The quantitative estimate of drug-likeness (QED) is 0.169. The van der Waals surface area contributed by atoms with Gasteiger partial charge in [0.25, 0.3) is 0 Å². The molecule has 0 aliphatic carbocycles. The Balaban J connectivity index is 1.40. The summed E-state index contributed by atoms with van der Waals surface area (Å²) in [5.74, 6) is -1.77. The molecule has 0 aromatic heterocycles. The van der Waals surface area contributed by atoms with E-state index in [1.807, 2.05) is 13.0 Å². The van der Waals surface area contributed by atoms with Crippen LogP contribution in [0.5, 0.6) is 5.75 Å². The van der Waals surface area contributed by atoms with Crippen LogP contribution in [0.15, 0.2) is 66.7 Å². The van der Waals surface area contributed by atoms with E-state index in [1.54, 1.807) is 36.4 Å². The maximum Gasteiger partial charge on any atom is 0.201 e. The van der Waals surface area contributed by atoms with E-state index in [9.17, 15) is 8.78 Å². The maximum atomic E-state index is 15.1. The van der Waals surface area contributed by atoms with Crippen molar-refractivity contribution in [2.75, 3.05) is 13.2 Å². The zero-order valence-corrected chi connectivity index (χ0v) is 23.0. The molecule has 0 amide bonds. The van der Waals surface area contributed by atoms with E-state index in [0.29, 0.717) is 35.8 Å². The van der Waals surface area contributed by atoms with Gasteiger partial charge in [0.15, 0.2) is 11.6 Å². The standard InChI is InChI=1S/C34H39F3O2/c1-3-5-7-9-21-38-32-20-18-29(33(36)34(32)37)26-14-12-25(13-15-26)28-17-16-27(22-30(28)35)31-19-11-24(23-39-31)10-8-6-4-2/h4,6,12-18,20,22,24,31H,3,5,7-11,19,21,23H2,1-2H3/b6-4+. The topological polar surface area (TPSA) is 18.5 Å². The van der Waals surface area contributed by atoms with Crippen molar-refractivity contribution < 1.29 is 22.6 Å². The second-order valence-corrected chi connectivity index (χ2v) is 10.4. The third kappa shape index (κ3) is 7.54. The normalized spacial score (nSPS) is 17.6. The van der Waals surface area contributed by atoms with Gasteiger partial charge in [-0.05, 0) is 79.8 Å². The Morgan fingerprint density at radius 3 is 2.28 bits per heavy atom. The highest BCUT2D eigenvalue weighted by Crippen LogP contribution is 2.36. The number of allylic oxidation sites excluding steroid dienone is 2. The third-order valence-electron chi connectivity index (χ3n) is 7.52. The van der Waals surface area contributed by atoms with Crippen LogP contribution in [-0.2, 0) is 4.74 Å². The average molecular weight is 537 g/mol. The zero-order valence-electron chi connectivity index (χ0n) is 23.0. The van der Waals surface area contributed by atoms with Crippen LogP contribution < -0.4 is 4.74 Å². The third-order valence-corrected chi connectivity index (χ3v) is 7.52. The Kier molecular flexibility index (Phi) is 10.7. The molecule has 3 aromatic rings. The molecule has 39 heavy (non-hydrogen) atoms. The van der Waals surface area contributed by atoms with Crippen molar-refractivity contribution >= 4 is 0 Å². The number of hydrogen-bond donors (Lipinski definition) is 0. The Labute approximate surface area is 230 Å². The Hall–Kier alpha value is -3.05. The number of unbranched alkanes of at least 4 members (excludes halogenated alkanes) is 3. The Morgan fingerprint density at radius 1 is 0.872 bits per heavy atom. The van der Waals surface area contributed by atoms with E-state index in [-0.39, 0.29) is 23.2 Å². The number of benzene rings is 3. The summed E-state index contributed by atoms with van der Waals surface area (Å²) >= 11 is 0. The molecule has 0 spiro atoms. The van der Waals surface area contributed by atoms with Gasteiger partial charge in [0.2, 0.25) is 5.82 Å². The molecule has 208 valence electrons. The van der Waals surface area contributed by atoms with Crippen molar-refractivity contribution in [1.82, 2.24) is 0 Å². The summed E-state index contributed by atoms with van der Waals surface area (Å²) in [6.07, 6.45) is 12.3. The van der Waals surface area contributed by atoms with Gasteiger partial charge in [-0.2, -0.15) is 4.39 Å². The molecule has 0 saturated carbocycles. The van der Waals surface area contributed by atoms with E-state index < -0.39 is 11.6 Å². The largest absolute Gasteiger partial charge is 0.490 e. The predicted molar refractivity (Wildman–Crippen MR) is 152 cm³/mol. The SMILES string of the molecule is C/C=C/CCC1CCC(c2ccc(-c3ccc(-c4ccc(OCCCCCC)c(F)c4F)cc3)c(F)c2)OC1. The molecule has 2 atom stereocenters. The minimum absolute atomic E-state index is 0.0716. The van der Waals surface area contributed by atoms with Gasteiger partial charge in [0, 0.05) is 11.1 Å². The lowest BCUT2D eigenvalue weighted by Crippen LogP contribution is -2.20. The summed E-state index contributed by atoms with van der Waals surface area (Å²) in [6.45, 7) is 5.21. The monoisotopic (exact) mass is 536 g/mol. The molecule has 1 aliphatic heterocycles. The predicted octanol–water partition coefficient (Wildman–Crippen LogP) is 10.2. The molecule has 1 saturated heterocycles. The van der Waals surface area contributed by atoms with Crippen LogP contribution in [-0.4, -0.2) is 13.2 Å². The van der Waals surface area contributed by atoms with Gasteiger partial charge in [-0.3, -0.25) is 0 Å². The lowest BCUT2D eigenvalue weighted by Gasteiger charge is -2.29. The smallest absolute Gasteiger partial charge is 0.201 e. The van der Waals surface area contributed by atoms with Crippen molar-refractivity contribution in [3.05, 3.63) is 89.8 Å².